The van der Waals surface area contributed by atoms with Crippen molar-refractivity contribution in [3.63, 3.8) is 0 Å². The van der Waals surface area contributed by atoms with Crippen molar-refractivity contribution in [3.05, 3.63) is 57.0 Å². The SMILES string of the molecule is CCNC(C)c1ccc(-c2ccc(Cl)c(Cl)c2)cc1Cl. The molecule has 0 heterocycles. The van der Waals surface area contributed by atoms with Gasteiger partial charge in [-0.2, -0.15) is 0 Å². The largest absolute Gasteiger partial charge is 0.310 e. The molecule has 2 aromatic rings. The Morgan fingerprint density at radius 3 is 2.05 bits per heavy atom. The molecule has 0 aromatic heterocycles. The molecule has 4 heteroatoms. The van der Waals surface area contributed by atoms with Gasteiger partial charge in [0.2, 0.25) is 0 Å². The molecule has 0 spiro atoms. The third-order valence-electron chi connectivity index (χ3n) is 3.23. The van der Waals surface area contributed by atoms with Gasteiger partial charge in [-0.3, -0.25) is 0 Å². The van der Waals surface area contributed by atoms with Crippen molar-refractivity contribution in [1.82, 2.24) is 5.32 Å². The van der Waals surface area contributed by atoms with Crippen molar-refractivity contribution in [2.75, 3.05) is 6.54 Å². The van der Waals surface area contributed by atoms with Crippen LogP contribution >= 0.6 is 34.8 Å². The molecule has 0 aliphatic carbocycles. The summed E-state index contributed by atoms with van der Waals surface area (Å²) in [4.78, 5) is 0. The van der Waals surface area contributed by atoms with Crippen molar-refractivity contribution in [1.29, 1.82) is 0 Å². The molecule has 1 unspecified atom stereocenters. The van der Waals surface area contributed by atoms with Crippen LogP contribution in [0, 0.1) is 0 Å². The van der Waals surface area contributed by atoms with Gasteiger partial charge in [-0.05, 0) is 48.4 Å². The zero-order valence-electron chi connectivity index (χ0n) is 11.4. The number of nitrogens with one attached hydrogen (secondary N) is 1. The molecule has 106 valence electrons. The minimum absolute atomic E-state index is 0.232. The lowest BCUT2D eigenvalue weighted by molar-refractivity contribution is 0.598. The molecule has 0 aliphatic heterocycles. The Morgan fingerprint density at radius 2 is 1.50 bits per heavy atom. The lowest BCUT2D eigenvalue weighted by Crippen LogP contribution is -2.17. The molecule has 0 bridgehead atoms. The predicted molar refractivity (Wildman–Crippen MR) is 89.0 cm³/mol. The fourth-order valence-corrected chi connectivity index (χ4v) is 2.79. The minimum atomic E-state index is 0.232. The molecule has 2 aromatic carbocycles. The highest BCUT2D eigenvalue weighted by molar-refractivity contribution is 6.42. The van der Waals surface area contributed by atoms with Gasteiger partial charge in [0.1, 0.15) is 0 Å². The fourth-order valence-electron chi connectivity index (χ4n) is 2.15. The Bertz CT molecular complexity index is 611. The summed E-state index contributed by atoms with van der Waals surface area (Å²) in [6, 6.07) is 11.9. The van der Waals surface area contributed by atoms with Crippen LogP contribution in [0.1, 0.15) is 25.5 Å². The topological polar surface area (TPSA) is 12.0 Å². The van der Waals surface area contributed by atoms with Crippen molar-refractivity contribution >= 4 is 34.8 Å². The fraction of sp³-hybridized carbons (Fsp3) is 0.250. The Kier molecular flexibility index (Phi) is 5.34. The van der Waals surface area contributed by atoms with Gasteiger partial charge in [-0.1, -0.05) is 59.9 Å². The van der Waals surface area contributed by atoms with Crippen LogP contribution in [0.3, 0.4) is 0 Å². The molecule has 1 nitrogen and oxygen atoms in total. The molecule has 0 radical (unpaired) electrons. The third kappa shape index (κ3) is 3.48. The summed E-state index contributed by atoms with van der Waals surface area (Å²) in [5, 5.41) is 5.21. The van der Waals surface area contributed by atoms with E-state index >= 15 is 0 Å². The Balaban J connectivity index is 2.35. The summed E-state index contributed by atoms with van der Waals surface area (Å²) in [6.45, 7) is 5.09. The van der Waals surface area contributed by atoms with E-state index in [1.807, 2.05) is 24.3 Å². The molecule has 1 N–H and O–H groups in total. The van der Waals surface area contributed by atoms with Crippen LogP contribution in [0.2, 0.25) is 15.1 Å². The number of hydrogen-bond acceptors (Lipinski definition) is 1. The van der Waals surface area contributed by atoms with Crippen LogP contribution in [0.25, 0.3) is 11.1 Å². The lowest BCUT2D eigenvalue weighted by atomic mass is 10.0. The molecular weight excluding hydrogens is 313 g/mol. The first-order valence-electron chi connectivity index (χ1n) is 6.51. The average Bonchev–Trinajstić information content (AvgIpc) is 2.42. The second kappa shape index (κ2) is 6.82. The van der Waals surface area contributed by atoms with Gasteiger partial charge in [0.15, 0.2) is 0 Å². The van der Waals surface area contributed by atoms with E-state index in [1.54, 1.807) is 6.07 Å². The molecule has 20 heavy (non-hydrogen) atoms. The second-order valence-electron chi connectivity index (χ2n) is 4.64. The minimum Gasteiger partial charge on any atom is -0.310 e. The van der Waals surface area contributed by atoms with E-state index in [9.17, 15) is 0 Å². The van der Waals surface area contributed by atoms with Gasteiger partial charge in [0.25, 0.3) is 0 Å². The maximum Gasteiger partial charge on any atom is 0.0598 e. The number of benzene rings is 2. The molecular formula is C16H16Cl3N. The summed E-state index contributed by atoms with van der Waals surface area (Å²) in [6.07, 6.45) is 0. The average molecular weight is 329 g/mol. The quantitative estimate of drug-likeness (QED) is 0.727. The summed E-state index contributed by atoms with van der Waals surface area (Å²) >= 11 is 18.4. The van der Waals surface area contributed by atoms with Gasteiger partial charge in [0, 0.05) is 11.1 Å². The van der Waals surface area contributed by atoms with E-state index in [1.165, 1.54) is 0 Å². The first-order chi connectivity index (χ1) is 9.52. The Labute approximate surface area is 134 Å². The van der Waals surface area contributed by atoms with Crippen LogP contribution < -0.4 is 5.32 Å². The molecule has 0 saturated carbocycles. The van der Waals surface area contributed by atoms with E-state index in [4.69, 9.17) is 34.8 Å². The maximum atomic E-state index is 6.38. The Hall–Kier alpha value is -0.730. The van der Waals surface area contributed by atoms with Gasteiger partial charge in [-0.15, -0.1) is 0 Å². The molecule has 0 amide bonds. The van der Waals surface area contributed by atoms with E-state index in [0.29, 0.717) is 10.0 Å². The first-order valence-corrected chi connectivity index (χ1v) is 7.64. The zero-order valence-corrected chi connectivity index (χ0v) is 13.7. The third-order valence-corrected chi connectivity index (χ3v) is 4.30. The van der Waals surface area contributed by atoms with Crippen LogP contribution in [-0.4, -0.2) is 6.54 Å². The smallest absolute Gasteiger partial charge is 0.0598 e. The van der Waals surface area contributed by atoms with Gasteiger partial charge in [0.05, 0.1) is 10.0 Å². The number of hydrogen-bond donors (Lipinski definition) is 1. The van der Waals surface area contributed by atoms with Crippen LogP contribution in [0.5, 0.6) is 0 Å². The van der Waals surface area contributed by atoms with Crippen LogP contribution in [-0.2, 0) is 0 Å². The summed E-state index contributed by atoms with van der Waals surface area (Å²) in [7, 11) is 0. The van der Waals surface area contributed by atoms with Crippen LogP contribution in [0.15, 0.2) is 36.4 Å². The molecule has 0 saturated heterocycles. The maximum absolute atomic E-state index is 6.38. The van der Waals surface area contributed by atoms with Gasteiger partial charge < -0.3 is 5.32 Å². The van der Waals surface area contributed by atoms with E-state index in [0.717, 1.165) is 28.3 Å². The van der Waals surface area contributed by atoms with Crippen molar-refractivity contribution in [2.24, 2.45) is 0 Å². The van der Waals surface area contributed by atoms with E-state index in [2.05, 4.69) is 25.2 Å². The van der Waals surface area contributed by atoms with E-state index in [-0.39, 0.29) is 6.04 Å². The van der Waals surface area contributed by atoms with Crippen molar-refractivity contribution in [2.45, 2.75) is 19.9 Å². The van der Waals surface area contributed by atoms with Crippen LogP contribution in [0.4, 0.5) is 0 Å². The zero-order chi connectivity index (χ0) is 14.7. The Morgan fingerprint density at radius 1 is 0.900 bits per heavy atom. The standard InChI is InChI=1S/C16H16Cl3N/c1-3-20-10(2)13-6-4-11(8-15(13)18)12-5-7-14(17)16(19)9-12/h4-10,20H,3H2,1-2H3. The normalized spacial score (nSPS) is 12.4. The predicted octanol–water partition coefficient (Wildman–Crippen LogP) is 5.98. The number of halogens is 3. The van der Waals surface area contributed by atoms with Crippen molar-refractivity contribution < 1.29 is 0 Å². The van der Waals surface area contributed by atoms with Gasteiger partial charge >= 0.3 is 0 Å². The second-order valence-corrected chi connectivity index (χ2v) is 5.87. The summed E-state index contributed by atoms with van der Waals surface area (Å²) < 4.78 is 0. The highest BCUT2D eigenvalue weighted by Crippen LogP contribution is 2.32. The van der Waals surface area contributed by atoms with Crippen molar-refractivity contribution in [3.8, 4) is 11.1 Å². The first kappa shape index (κ1) is 15.7. The van der Waals surface area contributed by atoms with Gasteiger partial charge in [-0.25, -0.2) is 0 Å². The summed E-state index contributed by atoms with van der Waals surface area (Å²) in [5.74, 6) is 0. The molecule has 0 fully saturated rings. The lowest BCUT2D eigenvalue weighted by Gasteiger charge is -2.15. The highest BCUT2D eigenvalue weighted by Gasteiger charge is 2.10. The molecule has 0 aliphatic rings. The summed E-state index contributed by atoms with van der Waals surface area (Å²) in [5.41, 5.74) is 3.13. The monoisotopic (exact) mass is 327 g/mol. The molecule has 1 atom stereocenters. The van der Waals surface area contributed by atoms with E-state index < -0.39 is 0 Å². The molecule has 2 rings (SSSR count). The highest BCUT2D eigenvalue weighted by atomic mass is 35.5. The number of rotatable bonds is 4.